The molecule has 0 bridgehead atoms. The molecule has 3 rings (SSSR count). The molecule has 0 unspecified atom stereocenters. The lowest BCUT2D eigenvalue weighted by Gasteiger charge is -2.22. The number of carbonyl (C=O) groups excluding carboxylic acids is 3. The van der Waals surface area contributed by atoms with Gasteiger partial charge in [0.05, 0.1) is 12.8 Å². The summed E-state index contributed by atoms with van der Waals surface area (Å²) >= 11 is 0. The fourth-order valence-electron chi connectivity index (χ4n) is 4.04. The van der Waals surface area contributed by atoms with Crippen LogP contribution in [-0.2, 0) is 9.59 Å². The topological polar surface area (TPSA) is 99.8 Å². The number of carbonyl (C=O) groups is 3. The molecule has 4 amide bonds. The van der Waals surface area contributed by atoms with E-state index in [0.717, 1.165) is 24.9 Å². The van der Waals surface area contributed by atoms with E-state index in [1.807, 2.05) is 0 Å². The van der Waals surface area contributed by atoms with Crippen molar-refractivity contribution < 1.29 is 19.1 Å². The van der Waals surface area contributed by atoms with E-state index in [4.69, 9.17) is 4.74 Å². The lowest BCUT2D eigenvalue weighted by atomic mass is 9.96. The number of anilines is 2. The molecule has 2 fully saturated rings. The van der Waals surface area contributed by atoms with Gasteiger partial charge in [-0.1, -0.05) is 19.3 Å². The molecule has 0 radical (unpaired) electrons. The lowest BCUT2D eigenvalue weighted by molar-refractivity contribution is -0.117. The molecule has 30 heavy (non-hydrogen) atoms. The second kappa shape index (κ2) is 10.8. The average Bonchev–Trinajstić information content (AvgIpc) is 3.17. The second-order valence-corrected chi connectivity index (χ2v) is 7.92. The van der Waals surface area contributed by atoms with Gasteiger partial charge in [0.15, 0.2) is 0 Å². The minimum absolute atomic E-state index is 0.0881. The fourth-order valence-corrected chi connectivity index (χ4v) is 4.04. The Balaban J connectivity index is 1.40. The molecule has 0 aromatic heterocycles. The van der Waals surface area contributed by atoms with Crippen molar-refractivity contribution in [2.24, 2.45) is 0 Å². The molecular weight excluding hydrogens is 384 g/mol. The third-order valence-electron chi connectivity index (χ3n) is 5.63. The summed E-state index contributed by atoms with van der Waals surface area (Å²) in [4.78, 5) is 37.8. The number of nitrogens with one attached hydrogen (secondary N) is 3. The summed E-state index contributed by atoms with van der Waals surface area (Å²) in [6, 6.07) is 5.43. The molecular formula is C22H32N4O4. The zero-order valence-electron chi connectivity index (χ0n) is 17.7. The number of methoxy groups -OCH3 is 1. The van der Waals surface area contributed by atoms with Crippen LogP contribution in [0.5, 0.6) is 5.75 Å². The van der Waals surface area contributed by atoms with Gasteiger partial charge in [0.2, 0.25) is 11.8 Å². The van der Waals surface area contributed by atoms with Crippen molar-refractivity contribution in [2.45, 2.75) is 63.8 Å². The molecule has 1 saturated carbocycles. The zero-order valence-corrected chi connectivity index (χ0v) is 17.7. The van der Waals surface area contributed by atoms with E-state index in [9.17, 15) is 14.4 Å². The molecule has 0 spiro atoms. The average molecular weight is 417 g/mol. The van der Waals surface area contributed by atoms with E-state index in [-0.39, 0.29) is 23.9 Å². The molecule has 1 saturated heterocycles. The molecule has 2 aliphatic rings. The number of hydrogen-bond donors (Lipinski definition) is 3. The number of urea groups is 1. The van der Waals surface area contributed by atoms with Crippen molar-refractivity contribution in [1.82, 2.24) is 10.6 Å². The summed E-state index contributed by atoms with van der Waals surface area (Å²) in [7, 11) is 1.55. The summed E-state index contributed by atoms with van der Waals surface area (Å²) in [6.07, 6.45) is 7.94. The molecule has 8 nitrogen and oxygen atoms in total. The molecule has 3 N–H and O–H groups in total. The van der Waals surface area contributed by atoms with E-state index in [0.29, 0.717) is 43.8 Å². The Morgan fingerprint density at radius 3 is 2.67 bits per heavy atom. The Bertz CT molecular complexity index is 762. The molecule has 0 atom stereocenters. The van der Waals surface area contributed by atoms with Gasteiger partial charge in [0.1, 0.15) is 5.75 Å². The molecule has 8 heteroatoms. The van der Waals surface area contributed by atoms with Crippen LogP contribution < -0.4 is 25.6 Å². The van der Waals surface area contributed by atoms with Gasteiger partial charge >= 0.3 is 6.03 Å². The monoisotopic (exact) mass is 416 g/mol. The number of rotatable bonds is 8. The predicted molar refractivity (Wildman–Crippen MR) is 116 cm³/mol. The quantitative estimate of drug-likeness (QED) is 0.567. The number of benzene rings is 1. The number of nitrogens with zero attached hydrogens (tertiary/aromatic N) is 1. The van der Waals surface area contributed by atoms with Crippen LogP contribution >= 0.6 is 0 Å². The van der Waals surface area contributed by atoms with Crippen molar-refractivity contribution in [3.8, 4) is 5.75 Å². The first-order valence-electron chi connectivity index (χ1n) is 10.9. The van der Waals surface area contributed by atoms with E-state index in [1.165, 1.54) is 19.3 Å². The predicted octanol–water partition coefficient (Wildman–Crippen LogP) is 3.17. The Morgan fingerprint density at radius 2 is 1.97 bits per heavy atom. The highest BCUT2D eigenvalue weighted by atomic mass is 16.5. The van der Waals surface area contributed by atoms with E-state index in [1.54, 1.807) is 30.2 Å². The van der Waals surface area contributed by atoms with Gasteiger partial charge < -0.3 is 25.6 Å². The van der Waals surface area contributed by atoms with Crippen molar-refractivity contribution in [2.75, 3.05) is 30.4 Å². The summed E-state index contributed by atoms with van der Waals surface area (Å²) in [5, 5.41) is 8.67. The third kappa shape index (κ3) is 6.11. The van der Waals surface area contributed by atoms with Crippen LogP contribution in [0.3, 0.4) is 0 Å². The van der Waals surface area contributed by atoms with Crippen molar-refractivity contribution in [3.63, 3.8) is 0 Å². The summed E-state index contributed by atoms with van der Waals surface area (Å²) in [5.41, 5.74) is 1.35. The minimum Gasteiger partial charge on any atom is -0.494 e. The van der Waals surface area contributed by atoms with Gasteiger partial charge in [-0.3, -0.25) is 9.59 Å². The van der Waals surface area contributed by atoms with Crippen LogP contribution in [0.15, 0.2) is 18.2 Å². The van der Waals surface area contributed by atoms with Gasteiger partial charge in [-0.15, -0.1) is 0 Å². The summed E-state index contributed by atoms with van der Waals surface area (Å²) in [6.45, 7) is 1.13. The first-order valence-corrected chi connectivity index (χ1v) is 10.9. The number of amides is 4. The Morgan fingerprint density at radius 1 is 1.17 bits per heavy atom. The first kappa shape index (κ1) is 21.9. The van der Waals surface area contributed by atoms with Gasteiger partial charge in [-0.05, 0) is 37.8 Å². The second-order valence-electron chi connectivity index (χ2n) is 7.92. The zero-order chi connectivity index (χ0) is 21.3. The maximum Gasteiger partial charge on any atom is 0.315 e. The minimum atomic E-state index is -0.154. The maximum absolute atomic E-state index is 12.2. The molecule has 1 aliphatic heterocycles. The van der Waals surface area contributed by atoms with Crippen molar-refractivity contribution in [3.05, 3.63) is 18.2 Å². The van der Waals surface area contributed by atoms with Crippen LogP contribution in [0, 0.1) is 0 Å². The molecule has 1 aliphatic carbocycles. The SMILES string of the molecule is COc1cc(NC(=O)CCCNC(=O)NC2CCCCC2)ccc1N1CCCC1=O. The van der Waals surface area contributed by atoms with Gasteiger partial charge in [-0.2, -0.15) is 0 Å². The van der Waals surface area contributed by atoms with Crippen LogP contribution in [0.2, 0.25) is 0 Å². The fraction of sp³-hybridized carbons (Fsp3) is 0.591. The normalized spacial score (nSPS) is 17.0. The van der Waals surface area contributed by atoms with Gasteiger partial charge in [0, 0.05) is 43.7 Å². The molecule has 1 aromatic rings. The largest absolute Gasteiger partial charge is 0.494 e. The Hall–Kier alpha value is -2.77. The molecule has 1 aromatic carbocycles. The van der Waals surface area contributed by atoms with Crippen LogP contribution in [0.4, 0.5) is 16.2 Å². The molecule has 1 heterocycles. The van der Waals surface area contributed by atoms with Crippen molar-refractivity contribution in [1.29, 1.82) is 0 Å². The summed E-state index contributed by atoms with van der Waals surface area (Å²) < 4.78 is 5.42. The lowest BCUT2D eigenvalue weighted by Crippen LogP contribution is -2.43. The highest BCUT2D eigenvalue weighted by molar-refractivity contribution is 5.98. The third-order valence-corrected chi connectivity index (χ3v) is 5.63. The standard InChI is InChI=1S/C22H32N4O4/c1-30-19-15-17(11-12-18(19)26-14-6-10-21(26)28)24-20(27)9-5-13-23-22(29)25-16-7-3-2-4-8-16/h11-12,15-16H,2-10,13-14H2,1H3,(H,24,27)(H2,23,25,29). The van der Waals surface area contributed by atoms with E-state index < -0.39 is 0 Å². The Kier molecular flexibility index (Phi) is 7.93. The number of hydrogen-bond acceptors (Lipinski definition) is 4. The van der Waals surface area contributed by atoms with Gasteiger partial charge in [-0.25, -0.2) is 4.79 Å². The highest BCUT2D eigenvalue weighted by Gasteiger charge is 2.24. The van der Waals surface area contributed by atoms with Crippen LogP contribution in [0.1, 0.15) is 57.8 Å². The smallest absolute Gasteiger partial charge is 0.315 e. The number of ether oxygens (including phenoxy) is 1. The summed E-state index contributed by atoms with van der Waals surface area (Å²) in [5.74, 6) is 0.519. The Labute approximate surface area is 177 Å². The maximum atomic E-state index is 12.2. The van der Waals surface area contributed by atoms with Crippen molar-refractivity contribution >= 4 is 29.2 Å². The van der Waals surface area contributed by atoms with Crippen LogP contribution in [-0.4, -0.2) is 44.1 Å². The first-order chi connectivity index (χ1) is 14.6. The van der Waals surface area contributed by atoms with E-state index >= 15 is 0 Å². The van der Waals surface area contributed by atoms with E-state index in [2.05, 4.69) is 16.0 Å². The molecule has 164 valence electrons. The van der Waals surface area contributed by atoms with Gasteiger partial charge in [0.25, 0.3) is 0 Å². The highest BCUT2D eigenvalue weighted by Crippen LogP contribution is 2.33. The van der Waals surface area contributed by atoms with Crippen LogP contribution in [0.25, 0.3) is 0 Å².